The molecule has 2 amide bonds. The molecule has 2 aromatic rings. The molecular formula is C18H16N4O5S. The van der Waals surface area contributed by atoms with Gasteiger partial charge in [-0.05, 0) is 18.2 Å². The summed E-state index contributed by atoms with van der Waals surface area (Å²) >= 11 is 1.15. The smallest absolute Gasteiger partial charge is 0.271 e. The van der Waals surface area contributed by atoms with Crippen LogP contribution in [0.15, 0.2) is 53.5 Å². The lowest BCUT2D eigenvalue weighted by Crippen LogP contribution is -2.28. The van der Waals surface area contributed by atoms with Crippen LogP contribution in [0.2, 0.25) is 0 Å². The van der Waals surface area contributed by atoms with Crippen molar-refractivity contribution in [3.8, 4) is 5.75 Å². The second-order valence-corrected chi connectivity index (χ2v) is 6.97. The third-order valence-corrected chi connectivity index (χ3v) is 4.85. The fraction of sp³-hybridized carbons (Fsp3) is 0.167. The number of hydrogen-bond acceptors (Lipinski definition) is 7. The molecule has 1 aliphatic heterocycles. The van der Waals surface area contributed by atoms with E-state index in [0.717, 1.165) is 11.8 Å². The topological polar surface area (TPSA) is 123 Å². The lowest BCUT2D eigenvalue weighted by Gasteiger charge is -2.07. The first-order valence-corrected chi connectivity index (χ1v) is 9.07. The second-order valence-electron chi connectivity index (χ2n) is 5.77. The lowest BCUT2D eigenvalue weighted by atomic mass is 10.2. The molecule has 0 saturated carbocycles. The molecule has 2 aromatic carbocycles. The number of aliphatic imine (C=N–C) groups is 1. The van der Waals surface area contributed by atoms with Gasteiger partial charge in [0.2, 0.25) is 11.8 Å². The molecule has 1 heterocycles. The molecule has 144 valence electrons. The molecule has 9 nitrogen and oxygen atoms in total. The predicted molar refractivity (Wildman–Crippen MR) is 106 cm³/mol. The Morgan fingerprint density at radius 2 is 2.11 bits per heavy atom. The summed E-state index contributed by atoms with van der Waals surface area (Å²) in [7, 11) is 1.55. The zero-order chi connectivity index (χ0) is 20.1. The number of nitrogens with one attached hydrogen (secondary N) is 2. The molecule has 1 atom stereocenters. The van der Waals surface area contributed by atoms with Crippen LogP contribution in [0.4, 0.5) is 17.1 Å². The van der Waals surface area contributed by atoms with Crippen LogP contribution < -0.4 is 15.4 Å². The van der Waals surface area contributed by atoms with Gasteiger partial charge >= 0.3 is 0 Å². The highest BCUT2D eigenvalue weighted by atomic mass is 32.2. The first-order chi connectivity index (χ1) is 13.4. The van der Waals surface area contributed by atoms with E-state index in [-0.39, 0.29) is 18.0 Å². The van der Waals surface area contributed by atoms with E-state index in [4.69, 9.17) is 4.74 Å². The number of rotatable bonds is 6. The Hall–Kier alpha value is -3.40. The Morgan fingerprint density at radius 3 is 2.86 bits per heavy atom. The van der Waals surface area contributed by atoms with Gasteiger partial charge in [0.1, 0.15) is 11.0 Å². The third kappa shape index (κ3) is 4.86. The van der Waals surface area contributed by atoms with E-state index in [1.807, 2.05) is 0 Å². The summed E-state index contributed by atoms with van der Waals surface area (Å²) in [6, 6.07) is 12.7. The van der Waals surface area contributed by atoms with Crippen molar-refractivity contribution in [1.82, 2.24) is 5.32 Å². The minimum atomic E-state index is -0.636. The maximum Gasteiger partial charge on any atom is 0.271 e. The summed E-state index contributed by atoms with van der Waals surface area (Å²) in [5, 5.41) is 15.8. The van der Waals surface area contributed by atoms with Crippen molar-refractivity contribution in [2.45, 2.75) is 11.7 Å². The van der Waals surface area contributed by atoms with Gasteiger partial charge in [0.05, 0.1) is 17.7 Å². The zero-order valence-corrected chi connectivity index (χ0v) is 15.6. The van der Waals surface area contributed by atoms with Crippen molar-refractivity contribution >= 4 is 45.8 Å². The molecule has 0 spiro atoms. The molecule has 1 fully saturated rings. The van der Waals surface area contributed by atoms with Gasteiger partial charge in [-0.25, -0.2) is 4.99 Å². The summed E-state index contributed by atoms with van der Waals surface area (Å²) in [6.07, 6.45) is -0.0870. The number of benzene rings is 2. The Kier molecular flexibility index (Phi) is 5.90. The van der Waals surface area contributed by atoms with Gasteiger partial charge in [0.25, 0.3) is 5.69 Å². The number of nitrogens with zero attached hydrogens (tertiary/aromatic N) is 2. The van der Waals surface area contributed by atoms with Crippen LogP contribution in [0.5, 0.6) is 5.75 Å². The summed E-state index contributed by atoms with van der Waals surface area (Å²) < 4.78 is 5.14. The highest BCUT2D eigenvalue weighted by Crippen LogP contribution is 2.27. The van der Waals surface area contributed by atoms with Gasteiger partial charge in [-0.15, -0.1) is 0 Å². The lowest BCUT2D eigenvalue weighted by molar-refractivity contribution is -0.384. The molecule has 0 bridgehead atoms. The van der Waals surface area contributed by atoms with Crippen molar-refractivity contribution in [2.24, 2.45) is 4.99 Å². The molecule has 10 heteroatoms. The average molecular weight is 400 g/mol. The molecule has 0 radical (unpaired) electrons. The normalized spacial score (nSPS) is 17.2. The highest BCUT2D eigenvalue weighted by molar-refractivity contribution is 8.15. The summed E-state index contributed by atoms with van der Waals surface area (Å²) in [5.41, 5.74) is 0.787. The van der Waals surface area contributed by atoms with E-state index in [1.54, 1.807) is 37.4 Å². The number of non-ortho nitro benzene ring substituents is 1. The monoisotopic (exact) mass is 400 g/mol. The number of nitro benzene ring substituents is 1. The van der Waals surface area contributed by atoms with Crippen LogP contribution >= 0.6 is 11.8 Å². The Labute approximate surface area is 164 Å². The van der Waals surface area contributed by atoms with E-state index in [0.29, 0.717) is 22.3 Å². The van der Waals surface area contributed by atoms with Gasteiger partial charge in [0, 0.05) is 30.3 Å². The van der Waals surface area contributed by atoms with E-state index in [1.165, 1.54) is 18.2 Å². The van der Waals surface area contributed by atoms with Crippen LogP contribution in [0.1, 0.15) is 6.42 Å². The number of ether oxygens (including phenoxy) is 1. The molecule has 2 N–H and O–H groups in total. The molecular weight excluding hydrogens is 384 g/mol. The zero-order valence-electron chi connectivity index (χ0n) is 14.7. The predicted octanol–water partition coefficient (Wildman–Crippen LogP) is 2.85. The summed E-state index contributed by atoms with van der Waals surface area (Å²) in [5.74, 6) is -0.0966. The fourth-order valence-electron chi connectivity index (χ4n) is 2.47. The van der Waals surface area contributed by atoms with E-state index in [2.05, 4.69) is 15.6 Å². The number of amidine groups is 1. The number of anilines is 1. The average Bonchev–Trinajstić information content (AvgIpc) is 3.00. The first kappa shape index (κ1) is 19.4. The van der Waals surface area contributed by atoms with Gasteiger partial charge in [-0.2, -0.15) is 0 Å². The minimum Gasteiger partial charge on any atom is -0.497 e. The van der Waals surface area contributed by atoms with Crippen molar-refractivity contribution in [2.75, 3.05) is 12.4 Å². The van der Waals surface area contributed by atoms with Crippen molar-refractivity contribution < 1.29 is 19.2 Å². The molecule has 28 heavy (non-hydrogen) atoms. The maximum absolute atomic E-state index is 12.2. The standard InChI is InChI=1S/C18H16N4O5S/c1-27-14-7-3-5-12(9-14)20-18-21-17(24)15(28-18)10-16(23)19-11-4-2-6-13(8-11)22(25)26/h2-9,15H,10H2,1H3,(H,19,23)(H,20,21,24)/t15-/m1/s1. The number of nitro groups is 1. The van der Waals surface area contributed by atoms with Crippen LogP contribution in [-0.4, -0.2) is 34.3 Å². The number of amides is 2. The van der Waals surface area contributed by atoms with Crippen molar-refractivity contribution in [3.63, 3.8) is 0 Å². The maximum atomic E-state index is 12.2. The highest BCUT2D eigenvalue weighted by Gasteiger charge is 2.32. The van der Waals surface area contributed by atoms with Crippen LogP contribution in [0.3, 0.4) is 0 Å². The van der Waals surface area contributed by atoms with Crippen molar-refractivity contribution in [1.29, 1.82) is 0 Å². The fourth-order valence-corrected chi connectivity index (χ4v) is 3.46. The Balaban J connectivity index is 1.62. The number of carbonyl (C=O) groups excluding carboxylic acids is 2. The van der Waals surface area contributed by atoms with Gasteiger partial charge in [-0.1, -0.05) is 23.9 Å². The summed E-state index contributed by atoms with van der Waals surface area (Å²) in [6.45, 7) is 0. The number of methoxy groups -OCH3 is 1. The SMILES string of the molecule is COc1cccc(N=C2NC(=O)[C@@H](CC(=O)Nc3cccc([N+](=O)[O-])c3)S2)c1. The number of hydrogen-bond donors (Lipinski definition) is 2. The largest absolute Gasteiger partial charge is 0.497 e. The second kappa shape index (κ2) is 8.53. The third-order valence-electron chi connectivity index (χ3n) is 3.77. The molecule has 0 aromatic heterocycles. The van der Waals surface area contributed by atoms with Crippen LogP contribution in [-0.2, 0) is 9.59 Å². The Morgan fingerprint density at radius 1 is 1.32 bits per heavy atom. The molecule has 0 unspecified atom stereocenters. The van der Waals surface area contributed by atoms with Gasteiger partial charge in [0.15, 0.2) is 5.17 Å². The molecule has 1 aliphatic rings. The number of carbonyl (C=O) groups is 2. The van der Waals surface area contributed by atoms with Crippen molar-refractivity contribution in [3.05, 3.63) is 58.6 Å². The molecule has 0 aliphatic carbocycles. The summed E-state index contributed by atoms with van der Waals surface area (Å²) in [4.78, 5) is 38.9. The molecule has 1 saturated heterocycles. The van der Waals surface area contributed by atoms with Crippen LogP contribution in [0.25, 0.3) is 0 Å². The Bertz CT molecular complexity index is 962. The minimum absolute atomic E-state index is 0.0870. The van der Waals surface area contributed by atoms with Gasteiger partial charge in [-0.3, -0.25) is 19.7 Å². The quantitative estimate of drug-likeness (QED) is 0.568. The van der Waals surface area contributed by atoms with Crippen LogP contribution in [0, 0.1) is 10.1 Å². The molecule has 3 rings (SSSR count). The first-order valence-electron chi connectivity index (χ1n) is 8.19. The number of thioether (sulfide) groups is 1. The van der Waals surface area contributed by atoms with E-state index >= 15 is 0 Å². The van der Waals surface area contributed by atoms with E-state index < -0.39 is 16.1 Å². The van der Waals surface area contributed by atoms with E-state index in [9.17, 15) is 19.7 Å². The van der Waals surface area contributed by atoms with Gasteiger partial charge < -0.3 is 15.4 Å².